The molecule has 0 aromatic carbocycles. The predicted molar refractivity (Wildman–Crippen MR) is 123 cm³/mol. The largest absolute Gasteiger partial charge is 0.325 e. The molecule has 8 heteroatoms. The first-order valence-electron chi connectivity index (χ1n) is 12.2. The Morgan fingerprint density at radius 1 is 1.00 bits per heavy atom. The third kappa shape index (κ3) is 5.49. The Kier molecular flexibility index (Phi) is 6.83. The van der Waals surface area contributed by atoms with E-state index in [1.54, 1.807) is 0 Å². The molecule has 2 aliphatic heterocycles. The van der Waals surface area contributed by atoms with Crippen molar-refractivity contribution in [3.05, 3.63) is 47.0 Å². The van der Waals surface area contributed by atoms with Crippen LogP contribution in [0.15, 0.2) is 24.4 Å². The first kappa shape index (κ1) is 22.6. The van der Waals surface area contributed by atoms with Crippen molar-refractivity contribution in [2.75, 3.05) is 38.0 Å². The Hall–Kier alpha value is -2.19. The van der Waals surface area contributed by atoms with E-state index in [9.17, 15) is 8.78 Å². The van der Waals surface area contributed by atoms with Crippen molar-refractivity contribution in [1.82, 2.24) is 20.2 Å². The van der Waals surface area contributed by atoms with Crippen molar-refractivity contribution in [1.29, 1.82) is 0 Å². The number of nitrogens with zero attached hydrogens (tertiary/aromatic N) is 3. The number of hydrogen-bond acceptors (Lipinski definition) is 5. The summed E-state index contributed by atoms with van der Waals surface area (Å²) in [7, 11) is 0. The van der Waals surface area contributed by atoms with Gasteiger partial charge < -0.3 is 15.5 Å². The van der Waals surface area contributed by atoms with Crippen molar-refractivity contribution >= 4 is 11.6 Å². The number of rotatable bonds is 7. The van der Waals surface area contributed by atoms with Crippen LogP contribution in [0.25, 0.3) is 0 Å². The van der Waals surface area contributed by atoms with Gasteiger partial charge in [0.25, 0.3) is 6.43 Å². The third-order valence-electron chi connectivity index (χ3n) is 7.27. The molecule has 2 N–H and O–H groups in total. The SMILES string of the molecule is Fc1c(C2CCN(CC3CC3)CC2)cc(Nc2ccc(C(F)F)cn2)nc1C1CCNCC1. The second-order valence-corrected chi connectivity index (χ2v) is 9.74. The lowest BCUT2D eigenvalue weighted by atomic mass is 9.86. The summed E-state index contributed by atoms with van der Waals surface area (Å²) in [6, 6.07) is 4.68. The highest BCUT2D eigenvalue weighted by atomic mass is 19.3. The molecule has 2 aromatic heterocycles. The van der Waals surface area contributed by atoms with E-state index in [0.717, 1.165) is 63.3 Å². The molecule has 0 spiro atoms. The van der Waals surface area contributed by atoms with E-state index in [4.69, 9.17) is 0 Å². The Labute approximate surface area is 193 Å². The van der Waals surface area contributed by atoms with E-state index >= 15 is 4.39 Å². The van der Waals surface area contributed by atoms with Gasteiger partial charge in [-0.25, -0.2) is 23.1 Å². The van der Waals surface area contributed by atoms with Gasteiger partial charge in [-0.1, -0.05) is 0 Å². The molecular formula is C25H32F3N5. The molecule has 178 valence electrons. The summed E-state index contributed by atoms with van der Waals surface area (Å²) in [5.74, 6) is 1.92. The van der Waals surface area contributed by atoms with Crippen LogP contribution in [-0.4, -0.2) is 47.6 Å². The van der Waals surface area contributed by atoms with Crippen LogP contribution < -0.4 is 10.6 Å². The molecule has 2 aromatic rings. The van der Waals surface area contributed by atoms with E-state index in [2.05, 4.69) is 25.5 Å². The fraction of sp³-hybridized carbons (Fsp3) is 0.600. The lowest BCUT2D eigenvalue weighted by Crippen LogP contribution is -2.35. The molecule has 0 bridgehead atoms. The monoisotopic (exact) mass is 459 g/mol. The van der Waals surface area contributed by atoms with E-state index in [-0.39, 0.29) is 23.2 Å². The summed E-state index contributed by atoms with van der Waals surface area (Å²) in [4.78, 5) is 11.3. The van der Waals surface area contributed by atoms with Crippen LogP contribution in [0.2, 0.25) is 0 Å². The van der Waals surface area contributed by atoms with Crippen molar-refractivity contribution in [2.45, 2.75) is 56.8 Å². The Bertz CT molecular complexity index is 934. The second kappa shape index (κ2) is 9.97. The number of hydrogen-bond donors (Lipinski definition) is 2. The number of piperidine rings is 2. The number of halogens is 3. The number of pyridine rings is 2. The molecule has 2 saturated heterocycles. The number of aromatic nitrogens is 2. The van der Waals surface area contributed by atoms with Gasteiger partial charge in [-0.15, -0.1) is 0 Å². The quantitative estimate of drug-likeness (QED) is 0.584. The van der Waals surface area contributed by atoms with E-state index < -0.39 is 6.43 Å². The first-order chi connectivity index (χ1) is 16.1. The minimum absolute atomic E-state index is 0.0795. The summed E-state index contributed by atoms with van der Waals surface area (Å²) in [6.45, 7) is 4.90. The minimum Gasteiger partial charge on any atom is -0.325 e. The molecule has 0 radical (unpaired) electrons. The van der Waals surface area contributed by atoms with Gasteiger partial charge in [0, 0.05) is 24.2 Å². The van der Waals surface area contributed by atoms with Gasteiger partial charge in [0.2, 0.25) is 0 Å². The van der Waals surface area contributed by atoms with Crippen LogP contribution in [-0.2, 0) is 0 Å². The Balaban J connectivity index is 1.39. The van der Waals surface area contributed by atoms with Crippen LogP contribution in [0, 0.1) is 11.7 Å². The van der Waals surface area contributed by atoms with Gasteiger partial charge in [-0.3, -0.25) is 0 Å². The number of anilines is 2. The van der Waals surface area contributed by atoms with Gasteiger partial charge in [-0.2, -0.15) is 0 Å². The van der Waals surface area contributed by atoms with E-state index in [0.29, 0.717) is 17.3 Å². The summed E-state index contributed by atoms with van der Waals surface area (Å²) >= 11 is 0. The maximum absolute atomic E-state index is 15.8. The minimum atomic E-state index is -2.56. The molecule has 0 atom stereocenters. The van der Waals surface area contributed by atoms with Crippen molar-refractivity contribution in [2.24, 2.45) is 5.92 Å². The molecule has 0 amide bonds. The van der Waals surface area contributed by atoms with Crippen LogP contribution in [0.3, 0.4) is 0 Å². The first-order valence-corrected chi connectivity index (χ1v) is 12.2. The van der Waals surface area contributed by atoms with Gasteiger partial charge >= 0.3 is 0 Å². The second-order valence-electron chi connectivity index (χ2n) is 9.74. The Morgan fingerprint density at radius 2 is 1.76 bits per heavy atom. The third-order valence-corrected chi connectivity index (χ3v) is 7.27. The smallest absolute Gasteiger partial charge is 0.265 e. The number of likely N-dealkylation sites (tertiary alicyclic amines) is 1. The highest BCUT2D eigenvalue weighted by Crippen LogP contribution is 2.37. The van der Waals surface area contributed by atoms with Gasteiger partial charge in [-0.05, 0) is 100 Å². The lowest BCUT2D eigenvalue weighted by Gasteiger charge is -2.33. The number of nitrogens with one attached hydrogen (secondary N) is 2. The van der Waals surface area contributed by atoms with Crippen LogP contribution in [0.4, 0.5) is 24.8 Å². The lowest BCUT2D eigenvalue weighted by molar-refractivity contribution is 0.151. The van der Waals surface area contributed by atoms with Crippen molar-refractivity contribution in [3.63, 3.8) is 0 Å². The fourth-order valence-electron chi connectivity index (χ4n) is 5.13. The van der Waals surface area contributed by atoms with Crippen LogP contribution >= 0.6 is 0 Å². The van der Waals surface area contributed by atoms with E-state index in [1.807, 2.05) is 6.07 Å². The van der Waals surface area contributed by atoms with Crippen molar-refractivity contribution < 1.29 is 13.2 Å². The molecule has 3 fully saturated rings. The Morgan fingerprint density at radius 3 is 2.39 bits per heavy atom. The zero-order chi connectivity index (χ0) is 22.8. The summed E-state index contributed by atoms with van der Waals surface area (Å²) < 4.78 is 41.5. The predicted octanol–water partition coefficient (Wildman–Crippen LogP) is 5.35. The standard InChI is InChI=1S/C25H32F3N5/c26-23-20(17-7-11-33(12-8-17)15-16-1-2-16)13-22(32-24(23)18-5-9-29-10-6-18)31-21-4-3-19(14-30-21)25(27)28/h3-4,13-14,16-18,25,29H,1-2,5-12,15H2,(H,30,31,32). The molecule has 5 rings (SSSR count). The normalized spacial score (nSPS) is 21.0. The average Bonchev–Trinajstić information content (AvgIpc) is 3.66. The summed E-state index contributed by atoms with van der Waals surface area (Å²) in [5.41, 5.74) is 1.14. The zero-order valence-electron chi connectivity index (χ0n) is 18.9. The molecule has 5 nitrogen and oxygen atoms in total. The van der Waals surface area contributed by atoms with Crippen LogP contribution in [0.5, 0.6) is 0 Å². The molecule has 1 aliphatic carbocycles. The topological polar surface area (TPSA) is 53.1 Å². The van der Waals surface area contributed by atoms with Gasteiger partial charge in [0.15, 0.2) is 0 Å². The fourth-order valence-corrected chi connectivity index (χ4v) is 5.13. The highest BCUT2D eigenvalue weighted by molar-refractivity contribution is 5.54. The highest BCUT2D eigenvalue weighted by Gasteiger charge is 2.31. The molecule has 1 saturated carbocycles. The zero-order valence-corrected chi connectivity index (χ0v) is 18.9. The summed E-state index contributed by atoms with van der Waals surface area (Å²) in [5, 5.41) is 6.47. The maximum atomic E-state index is 15.8. The average molecular weight is 460 g/mol. The summed E-state index contributed by atoms with van der Waals surface area (Å²) in [6.07, 6.45) is 4.90. The molecule has 3 aliphatic rings. The van der Waals surface area contributed by atoms with E-state index in [1.165, 1.54) is 37.7 Å². The molecule has 4 heterocycles. The molecule has 33 heavy (non-hydrogen) atoms. The maximum Gasteiger partial charge on any atom is 0.265 e. The van der Waals surface area contributed by atoms with Gasteiger partial charge in [0.05, 0.1) is 5.69 Å². The number of alkyl halides is 2. The molecule has 0 unspecified atom stereocenters. The molecular weight excluding hydrogens is 427 g/mol. The van der Waals surface area contributed by atoms with Gasteiger partial charge in [0.1, 0.15) is 17.5 Å². The van der Waals surface area contributed by atoms with Crippen LogP contribution in [0.1, 0.15) is 73.6 Å². The van der Waals surface area contributed by atoms with Crippen molar-refractivity contribution in [3.8, 4) is 0 Å².